The van der Waals surface area contributed by atoms with E-state index in [1.54, 1.807) is 115 Å². The number of ether oxygens (including phenoxy) is 2. The third kappa shape index (κ3) is 12.8. The number of hydrogen-bond donors (Lipinski definition) is 6. The van der Waals surface area contributed by atoms with Crippen LogP contribution in [0.4, 0.5) is 0 Å². The molecule has 450 valence electrons. The highest BCUT2D eigenvalue weighted by Gasteiger charge is 2.82. The SMILES string of the molecule is CC1=C[C@H]2[C@@]3(O)[C@H](C)CC4(OCCc5ccccc5)N=NC(C)(C)[C@H]4[C@@H]3C=C(CO)C[C@]2(O)C1=O.CC1=C[C@H]2[C@@]3(O)[C@H](C)C[C@]4(OCCc5ccccc5)[C@H]([C@@H]3C=C(CO)C[C@]2(O)C1=O)C4(C)C.S=S=S=S=S=S=S=S=S=S=S=S=S=S. The smallest absolute Gasteiger partial charge is 0.190 e. The van der Waals surface area contributed by atoms with Crippen LogP contribution in [0.1, 0.15) is 92.2 Å². The number of ketones is 2. The summed E-state index contributed by atoms with van der Waals surface area (Å²) < 4.78 is 13.2. The van der Waals surface area contributed by atoms with Gasteiger partial charge in [-0.2, -0.15) is 10.2 Å². The molecule has 26 heteroatoms. The van der Waals surface area contributed by atoms with Crippen LogP contribution in [0.25, 0.3) is 0 Å². The summed E-state index contributed by atoms with van der Waals surface area (Å²) in [6.45, 7) is 16.2. The largest absolute Gasteiger partial charge is 0.392 e. The van der Waals surface area contributed by atoms with E-state index in [1.807, 2.05) is 76.2 Å². The minimum atomic E-state index is -1.78. The third-order valence-corrected chi connectivity index (χ3v) is 43.1. The Morgan fingerprint density at radius 3 is 1.39 bits per heavy atom. The Morgan fingerprint density at radius 1 is 0.561 bits per heavy atom. The van der Waals surface area contributed by atoms with Gasteiger partial charge < -0.3 is 40.1 Å². The maximum Gasteiger partial charge on any atom is 0.190 e. The van der Waals surface area contributed by atoms with Gasteiger partial charge in [0.05, 0.1) is 48.8 Å². The van der Waals surface area contributed by atoms with E-state index in [2.05, 4.69) is 43.2 Å². The molecule has 2 aromatic rings. The molecule has 7 aliphatic carbocycles. The van der Waals surface area contributed by atoms with E-state index in [9.17, 15) is 40.2 Å². The molecule has 0 spiro atoms. The van der Waals surface area contributed by atoms with E-state index in [4.69, 9.17) is 37.0 Å². The van der Waals surface area contributed by atoms with Crippen LogP contribution in [0.2, 0.25) is 0 Å². The number of benzene rings is 2. The predicted octanol–water partition coefficient (Wildman–Crippen LogP) is 6.58. The van der Waals surface area contributed by atoms with E-state index >= 15 is 0 Å². The molecule has 1 unspecified atom stereocenters. The molecule has 2 aromatic carbocycles. The fourth-order valence-corrected chi connectivity index (χ4v) is 42.6. The lowest BCUT2D eigenvalue weighted by atomic mass is 9.52. The van der Waals surface area contributed by atoms with E-state index < -0.39 is 51.4 Å². The molecule has 14 atom stereocenters. The molecule has 82 heavy (non-hydrogen) atoms. The molecule has 0 aromatic heterocycles. The lowest BCUT2D eigenvalue weighted by Crippen LogP contribution is -2.67. The van der Waals surface area contributed by atoms with Crippen molar-refractivity contribution in [3.8, 4) is 0 Å². The average molecular weight is 1380 g/mol. The first kappa shape index (κ1) is 67.0. The number of rotatable bonds is 10. The molecule has 10 rings (SSSR count). The first-order valence-corrected chi connectivity index (χ1v) is 44.3. The Morgan fingerprint density at radius 2 is 0.963 bits per heavy atom. The minimum absolute atomic E-state index is 0.00430. The Labute approximate surface area is 525 Å². The number of aliphatic hydroxyl groups excluding tert-OH is 2. The molecular formula is C56H72N2O10S14. The van der Waals surface area contributed by atoms with Crippen LogP contribution in [-0.4, -0.2) is 108 Å². The summed E-state index contributed by atoms with van der Waals surface area (Å²) >= 11 is 9.43. The van der Waals surface area contributed by atoms with Crippen LogP contribution >= 0.6 is 0 Å². The topological polar surface area (TPSA) is 199 Å². The lowest BCUT2D eigenvalue weighted by molar-refractivity contribution is -0.226. The van der Waals surface area contributed by atoms with Crippen molar-refractivity contribution in [2.45, 2.75) is 133 Å². The average Bonchev–Trinajstić information content (AvgIpc) is 1.51. The van der Waals surface area contributed by atoms with E-state index in [-0.39, 0.29) is 78.2 Å². The van der Waals surface area contributed by atoms with Crippen molar-refractivity contribution < 1.29 is 49.7 Å². The number of azo groups is 1. The second-order valence-corrected chi connectivity index (χ2v) is 45.0. The zero-order valence-corrected chi connectivity index (χ0v) is 58.1. The van der Waals surface area contributed by atoms with Crippen molar-refractivity contribution in [3.63, 3.8) is 0 Å². The summed E-state index contributed by atoms with van der Waals surface area (Å²) in [5.41, 5.74) is -3.82. The third-order valence-electron chi connectivity index (χ3n) is 18.7. The van der Waals surface area contributed by atoms with Crippen molar-refractivity contribution in [1.82, 2.24) is 0 Å². The van der Waals surface area contributed by atoms with Gasteiger partial charge in [-0.25, -0.2) is 0 Å². The molecule has 3 saturated carbocycles. The summed E-state index contributed by atoms with van der Waals surface area (Å²) in [6.07, 6.45) is 10.0. The Bertz CT molecular complexity index is 3490. The molecule has 0 radical (unpaired) electrons. The normalized spacial score (nSPS) is 36.3. The molecule has 0 amide bonds. The summed E-state index contributed by atoms with van der Waals surface area (Å²) in [7, 11) is 19.9. The maximum absolute atomic E-state index is 13.1. The lowest BCUT2D eigenvalue weighted by Gasteiger charge is -2.57. The quantitative estimate of drug-likeness (QED) is 0.140. The van der Waals surface area contributed by atoms with Gasteiger partial charge in [0, 0.05) is 189 Å². The van der Waals surface area contributed by atoms with Crippen molar-refractivity contribution in [2.24, 2.45) is 63.0 Å². The molecule has 12 nitrogen and oxygen atoms in total. The van der Waals surface area contributed by atoms with Crippen molar-refractivity contribution in [2.75, 3.05) is 26.4 Å². The van der Waals surface area contributed by atoms with Gasteiger partial charge in [-0.1, -0.05) is 113 Å². The Hall–Kier alpha value is -0.900. The van der Waals surface area contributed by atoms with Crippen LogP contribution in [0, 0.1) is 52.8 Å². The standard InChI is InChI=1S/C28H36N2O5.C28H36O5.S14/c1-17-12-22-26(33,24(17)32)15-20(16-31)13-21-23-25(3,4)29-30-27(23,14-18(2)28(21,22)34)35-11-10-19-8-6-5-7-9-19;1-17-12-22-26(31,24(17)30)15-20(16-29)13-21-23-25(3,4)27(23,14-18(2)28(21,22)32)33-11-10-19-8-6-5-7-9-19;1-3-5-7-9-11-13-14-12-10-8-6-4-2/h5-9,12-13,18,21-23,31,33-34H,10-11,14-16H2,1-4H3;5-9,12-13,18,21-23,29,31-32H,10-11,14-16H2,1-4H3;/t18-,21+,22-,23-,26-,27?,28-;18-,21+,22-,23-,26-,27+,28-;/m11./s1. The van der Waals surface area contributed by atoms with Crippen molar-refractivity contribution in [1.29, 1.82) is 0 Å². The van der Waals surface area contributed by atoms with Crippen LogP contribution < -0.4 is 0 Å². The molecule has 8 aliphatic rings. The summed E-state index contributed by atoms with van der Waals surface area (Å²) in [6, 6.07) is 20.4. The van der Waals surface area contributed by atoms with Gasteiger partial charge in [-0.15, -0.1) is 0 Å². The zero-order chi connectivity index (χ0) is 59.5. The number of Topliss-reactive ketones (excluding diaryl/α,β-unsaturated/α-hetero) is 2. The number of aliphatic hydroxyl groups is 6. The van der Waals surface area contributed by atoms with Gasteiger partial charge in [-0.05, 0) is 92.2 Å². The monoisotopic (exact) mass is 1380 g/mol. The predicted molar refractivity (Wildman–Crippen MR) is 359 cm³/mol. The van der Waals surface area contributed by atoms with Gasteiger partial charge in [0.25, 0.3) is 0 Å². The highest BCUT2D eigenvalue weighted by Crippen LogP contribution is 2.76. The molecule has 0 saturated heterocycles. The first-order chi connectivity index (χ1) is 38.9. The second-order valence-electron chi connectivity index (χ2n) is 23.8. The summed E-state index contributed by atoms with van der Waals surface area (Å²) in [5, 5.41) is 77.7. The van der Waals surface area contributed by atoms with Crippen molar-refractivity contribution in [3.05, 3.63) is 118 Å². The summed E-state index contributed by atoms with van der Waals surface area (Å²) in [4.78, 5) is 26.1. The van der Waals surface area contributed by atoms with Crippen LogP contribution in [0.15, 0.2) is 117 Å². The number of nitrogens with zero attached hydrogens (tertiary/aromatic N) is 2. The number of fused-ring (bicyclic) bond motifs is 10. The highest BCUT2D eigenvalue weighted by atomic mass is 33.5. The van der Waals surface area contributed by atoms with E-state index in [1.165, 1.54) is 28.9 Å². The fourth-order valence-electron chi connectivity index (χ4n) is 15.1. The van der Waals surface area contributed by atoms with Crippen LogP contribution in [0.3, 0.4) is 0 Å². The number of carbonyl (C=O) groups excluding carboxylic acids is 2. The van der Waals surface area contributed by atoms with Gasteiger partial charge >= 0.3 is 0 Å². The van der Waals surface area contributed by atoms with E-state index in [0.717, 1.165) is 12.8 Å². The van der Waals surface area contributed by atoms with Gasteiger partial charge in [0.1, 0.15) is 11.2 Å². The summed E-state index contributed by atoms with van der Waals surface area (Å²) in [5.74, 6) is -3.88. The molecule has 6 N–H and O–H groups in total. The first-order valence-electron chi connectivity index (χ1n) is 26.9. The van der Waals surface area contributed by atoms with Gasteiger partial charge in [-0.3, -0.25) is 9.59 Å². The molecular weight excluding hydrogens is 1310 g/mol. The molecule has 0 bridgehead atoms. The van der Waals surface area contributed by atoms with Gasteiger partial charge in [0.2, 0.25) is 0 Å². The van der Waals surface area contributed by atoms with Crippen molar-refractivity contribution >= 4 is 141 Å². The van der Waals surface area contributed by atoms with Crippen LogP contribution in [-0.2, 0) is 161 Å². The van der Waals surface area contributed by atoms with Crippen LogP contribution in [0.5, 0.6) is 0 Å². The second kappa shape index (κ2) is 27.5. The Balaban J connectivity index is 0.000000176. The zero-order valence-electron chi connectivity index (χ0n) is 46.7. The molecule has 1 heterocycles. The number of carbonyl (C=O) groups is 2. The maximum atomic E-state index is 13.1. The minimum Gasteiger partial charge on any atom is -0.392 e. The Kier molecular flexibility index (Phi) is 22.4. The molecule has 3 fully saturated rings. The van der Waals surface area contributed by atoms with E-state index in [0.29, 0.717) is 48.3 Å². The molecule has 1 aliphatic heterocycles. The number of hydrogen-bond acceptors (Lipinski definition) is 14. The highest BCUT2D eigenvalue weighted by molar-refractivity contribution is 8.76. The van der Waals surface area contributed by atoms with Gasteiger partial charge in [0.15, 0.2) is 17.3 Å². The fraction of sp³-hybridized carbons (Fsp3) is 0.607.